The standard InChI is InChI=1S/C16H26N2O/c1-13(2)19-16-7-5-14(6-8-16)12-17-11-9-15-4-3-10-18-15/h5-8,13,15,17-18H,3-4,9-12H2,1-2H3. The third kappa shape index (κ3) is 5.21. The van der Waals surface area contributed by atoms with Crippen LogP contribution in [0.15, 0.2) is 24.3 Å². The second-order valence-electron chi connectivity index (χ2n) is 5.57. The summed E-state index contributed by atoms with van der Waals surface area (Å²) in [5, 5.41) is 7.03. The maximum atomic E-state index is 5.63. The first-order valence-corrected chi connectivity index (χ1v) is 7.44. The molecule has 19 heavy (non-hydrogen) atoms. The SMILES string of the molecule is CC(C)Oc1ccc(CNCCC2CCCN2)cc1. The van der Waals surface area contributed by atoms with E-state index in [1.54, 1.807) is 0 Å². The molecule has 1 fully saturated rings. The molecule has 0 saturated carbocycles. The Kier molecular flexibility index (Phi) is 5.67. The lowest BCUT2D eigenvalue weighted by molar-refractivity contribution is 0.242. The molecule has 1 aromatic rings. The first kappa shape index (κ1) is 14.4. The normalized spacial score (nSPS) is 19.0. The van der Waals surface area contributed by atoms with Gasteiger partial charge < -0.3 is 15.4 Å². The lowest BCUT2D eigenvalue weighted by Crippen LogP contribution is -2.26. The number of nitrogens with one attached hydrogen (secondary N) is 2. The summed E-state index contributed by atoms with van der Waals surface area (Å²) in [6, 6.07) is 9.11. The maximum absolute atomic E-state index is 5.63. The van der Waals surface area contributed by atoms with Gasteiger partial charge in [0.15, 0.2) is 0 Å². The van der Waals surface area contributed by atoms with Crippen molar-refractivity contribution in [2.45, 2.75) is 51.8 Å². The van der Waals surface area contributed by atoms with Crippen molar-refractivity contribution < 1.29 is 4.74 Å². The number of ether oxygens (including phenoxy) is 1. The summed E-state index contributed by atoms with van der Waals surface area (Å²) in [5.41, 5.74) is 1.32. The molecule has 1 aromatic carbocycles. The van der Waals surface area contributed by atoms with E-state index in [2.05, 4.69) is 34.9 Å². The molecule has 2 N–H and O–H groups in total. The summed E-state index contributed by atoms with van der Waals surface area (Å²) in [6.07, 6.45) is 4.14. The molecule has 0 bridgehead atoms. The first-order chi connectivity index (χ1) is 9.24. The minimum absolute atomic E-state index is 0.239. The van der Waals surface area contributed by atoms with E-state index in [9.17, 15) is 0 Å². The molecule has 106 valence electrons. The van der Waals surface area contributed by atoms with E-state index < -0.39 is 0 Å². The number of hydrogen-bond donors (Lipinski definition) is 2. The average Bonchev–Trinajstić information content (AvgIpc) is 2.89. The van der Waals surface area contributed by atoms with Crippen LogP contribution in [0.2, 0.25) is 0 Å². The summed E-state index contributed by atoms with van der Waals surface area (Å²) < 4.78 is 5.63. The van der Waals surface area contributed by atoms with Gasteiger partial charge in [-0.1, -0.05) is 12.1 Å². The molecule has 1 atom stereocenters. The highest BCUT2D eigenvalue weighted by molar-refractivity contribution is 5.27. The molecule has 1 heterocycles. The van der Waals surface area contributed by atoms with Gasteiger partial charge in [0.2, 0.25) is 0 Å². The van der Waals surface area contributed by atoms with Gasteiger partial charge in [-0.25, -0.2) is 0 Å². The molecule has 3 heteroatoms. The highest BCUT2D eigenvalue weighted by Gasteiger charge is 2.12. The van der Waals surface area contributed by atoms with Crippen LogP contribution < -0.4 is 15.4 Å². The van der Waals surface area contributed by atoms with Crippen LogP contribution in [-0.4, -0.2) is 25.2 Å². The Bertz CT molecular complexity index is 356. The van der Waals surface area contributed by atoms with Crippen molar-refractivity contribution in [2.24, 2.45) is 0 Å². The molecule has 0 spiro atoms. The predicted molar refractivity (Wildman–Crippen MR) is 79.6 cm³/mol. The summed E-state index contributed by atoms with van der Waals surface area (Å²) >= 11 is 0. The van der Waals surface area contributed by atoms with Crippen molar-refractivity contribution >= 4 is 0 Å². The molecule has 1 aliphatic rings. The fourth-order valence-electron chi connectivity index (χ4n) is 2.47. The van der Waals surface area contributed by atoms with Gasteiger partial charge in [0.05, 0.1) is 6.10 Å². The molecule has 1 saturated heterocycles. The zero-order valence-corrected chi connectivity index (χ0v) is 12.1. The maximum Gasteiger partial charge on any atom is 0.119 e. The van der Waals surface area contributed by atoms with E-state index >= 15 is 0 Å². The van der Waals surface area contributed by atoms with Gasteiger partial charge in [-0.3, -0.25) is 0 Å². The van der Waals surface area contributed by atoms with Crippen LogP contribution in [0.4, 0.5) is 0 Å². The minimum Gasteiger partial charge on any atom is -0.491 e. The zero-order chi connectivity index (χ0) is 13.5. The van der Waals surface area contributed by atoms with Crippen LogP contribution in [-0.2, 0) is 6.54 Å². The summed E-state index contributed by atoms with van der Waals surface area (Å²) in [6.45, 7) is 7.32. The molecular weight excluding hydrogens is 236 g/mol. The minimum atomic E-state index is 0.239. The van der Waals surface area contributed by atoms with Crippen molar-refractivity contribution in [2.75, 3.05) is 13.1 Å². The molecule has 0 amide bonds. The van der Waals surface area contributed by atoms with Gasteiger partial charge >= 0.3 is 0 Å². The lowest BCUT2D eigenvalue weighted by atomic mass is 10.1. The molecule has 0 aromatic heterocycles. The van der Waals surface area contributed by atoms with E-state index in [-0.39, 0.29) is 6.10 Å². The Hall–Kier alpha value is -1.06. The van der Waals surface area contributed by atoms with Gasteiger partial charge in [-0.2, -0.15) is 0 Å². The van der Waals surface area contributed by atoms with Gasteiger partial charge in [0.25, 0.3) is 0 Å². The lowest BCUT2D eigenvalue weighted by Gasteiger charge is -2.12. The van der Waals surface area contributed by atoms with Crippen LogP contribution >= 0.6 is 0 Å². The van der Waals surface area contributed by atoms with Crippen LogP contribution in [0.1, 0.15) is 38.7 Å². The molecule has 2 rings (SSSR count). The summed E-state index contributed by atoms with van der Waals surface area (Å²) in [7, 11) is 0. The smallest absolute Gasteiger partial charge is 0.119 e. The van der Waals surface area contributed by atoms with E-state index in [4.69, 9.17) is 4.74 Å². The summed E-state index contributed by atoms with van der Waals surface area (Å²) in [5.74, 6) is 0.953. The second-order valence-corrected chi connectivity index (χ2v) is 5.57. The van der Waals surface area contributed by atoms with E-state index in [1.165, 1.54) is 31.4 Å². The van der Waals surface area contributed by atoms with Crippen molar-refractivity contribution in [3.05, 3.63) is 29.8 Å². The molecule has 3 nitrogen and oxygen atoms in total. The molecule has 0 radical (unpaired) electrons. The zero-order valence-electron chi connectivity index (χ0n) is 12.1. The highest BCUT2D eigenvalue weighted by Crippen LogP contribution is 2.13. The highest BCUT2D eigenvalue weighted by atomic mass is 16.5. The third-order valence-electron chi connectivity index (χ3n) is 3.46. The third-order valence-corrected chi connectivity index (χ3v) is 3.46. The van der Waals surface area contributed by atoms with Crippen LogP contribution in [0.5, 0.6) is 5.75 Å². The Morgan fingerprint density at radius 2 is 2.11 bits per heavy atom. The monoisotopic (exact) mass is 262 g/mol. The topological polar surface area (TPSA) is 33.3 Å². The van der Waals surface area contributed by atoms with Crippen LogP contribution in [0.3, 0.4) is 0 Å². The Balaban J connectivity index is 1.65. The predicted octanol–water partition coefficient (Wildman–Crippen LogP) is 2.71. The Morgan fingerprint density at radius 1 is 1.32 bits per heavy atom. The van der Waals surface area contributed by atoms with Gasteiger partial charge in [-0.05, 0) is 63.9 Å². The van der Waals surface area contributed by atoms with Crippen molar-refractivity contribution in [3.63, 3.8) is 0 Å². The fraction of sp³-hybridized carbons (Fsp3) is 0.625. The largest absolute Gasteiger partial charge is 0.491 e. The molecule has 1 unspecified atom stereocenters. The van der Waals surface area contributed by atoms with Gasteiger partial charge in [0, 0.05) is 12.6 Å². The van der Waals surface area contributed by atoms with E-state index in [0.717, 1.165) is 24.9 Å². The Morgan fingerprint density at radius 3 is 2.74 bits per heavy atom. The summed E-state index contributed by atoms with van der Waals surface area (Å²) in [4.78, 5) is 0. The van der Waals surface area contributed by atoms with E-state index in [0.29, 0.717) is 0 Å². The number of rotatable bonds is 7. The first-order valence-electron chi connectivity index (χ1n) is 7.44. The second kappa shape index (κ2) is 7.51. The van der Waals surface area contributed by atoms with Gasteiger partial charge in [0.1, 0.15) is 5.75 Å². The Labute approximate surface area is 116 Å². The van der Waals surface area contributed by atoms with Crippen molar-refractivity contribution in [1.29, 1.82) is 0 Å². The van der Waals surface area contributed by atoms with Crippen LogP contribution in [0, 0.1) is 0 Å². The average molecular weight is 262 g/mol. The molecule has 0 aliphatic carbocycles. The molecule has 1 aliphatic heterocycles. The van der Waals surface area contributed by atoms with Gasteiger partial charge in [-0.15, -0.1) is 0 Å². The number of hydrogen-bond acceptors (Lipinski definition) is 3. The number of benzene rings is 1. The van der Waals surface area contributed by atoms with E-state index in [1.807, 2.05) is 13.8 Å². The van der Waals surface area contributed by atoms with Crippen molar-refractivity contribution in [3.8, 4) is 5.75 Å². The quantitative estimate of drug-likeness (QED) is 0.741. The van der Waals surface area contributed by atoms with Crippen molar-refractivity contribution in [1.82, 2.24) is 10.6 Å². The molecular formula is C16H26N2O. The van der Waals surface area contributed by atoms with Crippen LogP contribution in [0.25, 0.3) is 0 Å². The fourth-order valence-corrected chi connectivity index (χ4v) is 2.47.